The van der Waals surface area contributed by atoms with Crippen molar-refractivity contribution < 1.29 is 19.5 Å². The molecule has 24 heavy (non-hydrogen) atoms. The summed E-state index contributed by atoms with van der Waals surface area (Å²) in [4.78, 5) is 30.8. The third-order valence-corrected chi connectivity index (χ3v) is 3.82. The molecule has 0 saturated heterocycles. The first kappa shape index (κ1) is 18.2. The number of nitro groups is 3. The average molecular weight is 399 g/mol. The SMILES string of the molecule is CC1=C([N+](=O)[O-])[C@H](C(Cl)(Cl)Cl)Oc2c1cc([N+](=O)[O-])cc2[N+](=O)[O-]. The van der Waals surface area contributed by atoms with Crippen molar-refractivity contribution in [3.05, 3.63) is 53.7 Å². The molecule has 1 aromatic rings. The number of ether oxygens (including phenoxy) is 1. The largest absolute Gasteiger partial charge is 0.467 e. The number of benzene rings is 1. The number of allylic oxidation sites excluding steroid dienone is 1. The molecular weight excluding hydrogens is 392 g/mol. The van der Waals surface area contributed by atoms with E-state index < -0.39 is 47.5 Å². The lowest BCUT2D eigenvalue weighted by Crippen LogP contribution is -2.39. The maximum Gasteiger partial charge on any atom is 0.318 e. The van der Waals surface area contributed by atoms with Crippen LogP contribution in [-0.4, -0.2) is 24.7 Å². The number of non-ortho nitro benzene ring substituents is 1. The van der Waals surface area contributed by atoms with Gasteiger partial charge in [0.25, 0.3) is 11.4 Å². The van der Waals surface area contributed by atoms with Crippen LogP contribution < -0.4 is 4.74 Å². The molecule has 13 heteroatoms. The van der Waals surface area contributed by atoms with Crippen molar-refractivity contribution in [3.8, 4) is 5.75 Å². The van der Waals surface area contributed by atoms with Crippen molar-refractivity contribution in [1.29, 1.82) is 0 Å². The first-order chi connectivity index (χ1) is 10.9. The van der Waals surface area contributed by atoms with Gasteiger partial charge >= 0.3 is 5.69 Å². The fourth-order valence-electron chi connectivity index (χ4n) is 2.20. The normalized spacial score (nSPS) is 17.1. The third-order valence-electron chi connectivity index (χ3n) is 3.23. The van der Waals surface area contributed by atoms with E-state index in [9.17, 15) is 30.3 Å². The predicted molar refractivity (Wildman–Crippen MR) is 84.0 cm³/mol. The lowest BCUT2D eigenvalue weighted by molar-refractivity contribution is -0.434. The lowest BCUT2D eigenvalue weighted by atomic mass is 9.97. The van der Waals surface area contributed by atoms with Crippen molar-refractivity contribution in [3.63, 3.8) is 0 Å². The Hall–Kier alpha value is -2.17. The topological polar surface area (TPSA) is 139 Å². The van der Waals surface area contributed by atoms with Gasteiger partial charge in [0.1, 0.15) is 0 Å². The van der Waals surface area contributed by atoms with Gasteiger partial charge in [-0.05, 0) is 6.92 Å². The number of nitro benzene ring substituents is 2. The van der Waals surface area contributed by atoms with Crippen LogP contribution in [0.15, 0.2) is 17.8 Å². The van der Waals surface area contributed by atoms with Gasteiger partial charge in [0.2, 0.25) is 15.6 Å². The van der Waals surface area contributed by atoms with Crippen LogP contribution in [0.1, 0.15) is 12.5 Å². The fraction of sp³-hybridized carbons (Fsp3) is 0.273. The molecule has 128 valence electrons. The van der Waals surface area contributed by atoms with E-state index in [1.807, 2.05) is 0 Å². The Kier molecular flexibility index (Phi) is 4.57. The van der Waals surface area contributed by atoms with Crippen molar-refractivity contribution in [1.82, 2.24) is 0 Å². The van der Waals surface area contributed by atoms with Crippen molar-refractivity contribution >= 4 is 51.8 Å². The first-order valence-corrected chi connectivity index (χ1v) is 7.14. The van der Waals surface area contributed by atoms with Crippen molar-refractivity contribution in [2.75, 3.05) is 0 Å². The van der Waals surface area contributed by atoms with Gasteiger partial charge in [-0.3, -0.25) is 30.3 Å². The number of halogens is 3. The van der Waals surface area contributed by atoms with Crippen LogP contribution in [0.5, 0.6) is 5.75 Å². The van der Waals surface area contributed by atoms with Gasteiger partial charge in [0.15, 0.2) is 0 Å². The average Bonchev–Trinajstić information content (AvgIpc) is 2.44. The van der Waals surface area contributed by atoms with Crippen LogP contribution >= 0.6 is 34.8 Å². The molecule has 0 N–H and O–H groups in total. The second kappa shape index (κ2) is 6.04. The van der Waals surface area contributed by atoms with Gasteiger partial charge in [-0.25, -0.2) is 0 Å². The van der Waals surface area contributed by atoms with Crippen molar-refractivity contribution in [2.45, 2.75) is 16.8 Å². The summed E-state index contributed by atoms with van der Waals surface area (Å²) in [6, 6.07) is 1.59. The highest BCUT2D eigenvalue weighted by molar-refractivity contribution is 6.68. The molecule has 0 spiro atoms. The minimum Gasteiger partial charge on any atom is -0.467 e. The summed E-state index contributed by atoms with van der Waals surface area (Å²) in [6.07, 6.45) is -1.73. The fourth-order valence-corrected chi connectivity index (χ4v) is 2.65. The molecule has 1 atom stereocenters. The molecule has 2 rings (SSSR count). The maximum atomic E-state index is 11.3. The van der Waals surface area contributed by atoms with Crippen LogP contribution in [0.4, 0.5) is 11.4 Å². The quantitative estimate of drug-likeness (QED) is 0.430. The van der Waals surface area contributed by atoms with Crippen molar-refractivity contribution in [2.24, 2.45) is 0 Å². The molecule has 0 fully saturated rings. The monoisotopic (exact) mass is 397 g/mol. The first-order valence-electron chi connectivity index (χ1n) is 6.01. The zero-order chi connectivity index (χ0) is 18.4. The van der Waals surface area contributed by atoms with E-state index in [-0.39, 0.29) is 11.1 Å². The minimum absolute atomic E-state index is 0.135. The van der Waals surface area contributed by atoms with Gasteiger partial charge in [-0.15, -0.1) is 0 Å². The van der Waals surface area contributed by atoms with Gasteiger partial charge in [0.05, 0.1) is 20.8 Å². The molecule has 1 heterocycles. The van der Waals surface area contributed by atoms with E-state index in [1.54, 1.807) is 0 Å². The zero-order valence-electron chi connectivity index (χ0n) is 11.6. The molecule has 0 radical (unpaired) electrons. The number of fused-ring (bicyclic) bond motifs is 1. The molecule has 0 aromatic heterocycles. The number of alkyl halides is 3. The second-order valence-electron chi connectivity index (χ2n) is 4.66. The summed E-state index contributed by atoms with van der Waals surface area (Å²) in [7, 11) is 0. The minimum atomic E-state index is -2.29. The summed E-state index contributed by atoms with van der Waals surface area (Å²) < 4.78 is 2.91. The number of rotatable bonds is 3. The molecular formula is C11H6Cl3N3O7. The highest BCUT2D eigenvalue weighted by Gasteiger charge is 2.50. The summed E-state index contributed by atoms with van der Waals surface area (Å²) in [6.45, 7) is 1.23. The van der Waals surface area contributed by atoms with E-state index in [0.717, 1.165) is 6.07 Å². The molecule has 1 aliphatic rings. The molecule has 0 saturated carbocycles. The van der Waals surface area contributed by atoms with Gasteiger partial charge in [0, 0.05) is 17.2 Å². The summed E-state index contributed by atoms with van der Waals surface area (Å²) in [5.41, 5.74) is -2.37. The third kappa shape index (κ3) is 3.07. The molecule has 1 aliphatic heterocycles. The lowest BCUT2D eigenvalue weighted by Gasteiger charge is -2.28. The Labute approximate surface area is 148 Å². The van der Waals surface area contributed by atoms with Gasteiger partial charge < -0.3 is 4.74 Å². The van der Waals surface area contributed by atoms with E-state index in [0.29, 0.717) is 6.07 Å². The summed E-state index contributed by atoms with van der Waals surface area (Å²) in [5.74, 6) is -0.440. The molecule has 0 unspecified atom stereocenters. The Morgan fingerprint density at radius 1 is 1.04 bits per heavy atom. The second-order valence-corrected chi connectivity index (χ2v) is 7.03. The number of hydrogen-bond acceptors (Lipinski definition) is 7. The Morgan fingerprint density at radius 3 is 2.04 bits per heavy atom. The van der Waals surface area contributed by atoms with Crippen LogP contribution in [0.3, 0.4) is 0 Å². The highest BCUT2D eigenvalue weighted by atomic mass is 35.6. The predicted octanol–water partition coefficient (Wildman–Crippen LogP) is 3.64. The van der Waals surface area contributed by atoms with Gasteiger partial charge in [-0.1, -0.05) is 34.8 Å². The highest BCUT2D eigenvalue weighted by Crippen LogP contribution is 2.48. The van der Waals surface area contributed by atoms with E-state index in [1.165, 1.54) is 6.92 Å². The van der Waals surface area contributed by atoms with E-state index >= 15 is 0 Å². The van der Waals surface area contributed by atoms with Crippen LogP contribution in [0.25, 0.3) is 5.57 Å². The van der Waals surface area contributed by atoms with Crippen LogP contribution in [0, 0.1) is 30.3 Å². The Balaban J connectivity index is 2.85. The standard InChI is InChI=1S/C11H6Cl3N3O7/c1-4-6-2-5(15(18)19)3-7(16(20)21)9(6)24-10(11(12,13)14)8(4)17(22)23/h2-3,10H,1H3/t10-/m1/s1. The van der Waals surface area contributed by atoms with Gasteiger partial charge in [-0.2, -0.15) is 0 Å². The molecule has 10 nitrogen and oxygen atoms in total. The summed E-state index contributed by atoms with van der Waals surface area (Å²) in [5, 5.41) is 33.4. The maximum absolute atomic E-state index is 11.3. The molecule has 0 amide bonds. The molecule has 0 aliphatic carbocycles. The number of nitrogens with zero attached hydrogens (tertiary/aromatic N) is 3. The smallest absolute Gasteiger partial charge is 0.318 e. The Morgan fingerprint density at radius 2 is 1.62 bits per heavy atom. The Bertz CT molecular complexity index is 803. The van der Waals surface area contributed by atoms with E-state index in [2.05, 4.69) is 0 Å². The van der Waals surface area contributed by atoms with E-state index in [4.69, 9.17) is 39.5 Å². The number of hydrogen-bond donors (Lipinski definition) is 0. The molecule has 0 bridgehead atoms. The summed E-state index contributed by atoms with van der Waals surface area (Å²) >= 11 is 17.1. The zero-order valence-corrected chi connectivity index (χ0v) is 13.8. The van der Waals surface area contributed by atoms with Crippen LogP contribution in [-0.2, 0) is 0 Å². The molecule has 1 aromatic carbocycles. The van der Waals surface area contributed by atoms with Crippen LogP contribution in [0.2, 0.25) is 0 Å².